The van der Waals surface area contributed by atoms with Gasteiger partial charge in [0, 0.05) is 61.5 Å². The highest BCUT2D eigenvalue weighted by Gasteiger charge is 2.37. The van der Waals surface area contributed by atoms with Crippen molar-refractivity contribution in [2.45, 2.75) is 44.8 Å². The standard InChI is InChI=1S/C27H34FN5O/c1-17-5-6-23(33-15-24-7-8-25(16-33)32(24)4)12-26(17)27(34)31-18(2)19-9-20(11-22(28)10-19)21(13-29)14-30-3/h5-6,9-14,18,24-25H,7-8,15-16,29H2,1-4H3,(H,31,34)/b21-13+,30-14?/t18-,24-,25+/m1/s1. The quantitative estimate of drug-likeness (QED) is 0.637. The number of benzene rings is 2. The van der Waals surface area contributed by atoms with E-state index in [0.717, 1.165) is 24.3 Å². The molecule has 0 spiro atoms. The molecule has 2 bridgehead atoms. The Labute approximate surface area is 201 Å². The summed E-state index contributed by atoms with van der Waals surface area (Å²) in [6, 6.07) is 11.6. The van der Waals surface area contributed by atoms with Gasteiger partial charge in [-0.05, 0) is 80.8 Å². The fourth-order valence-corrected chi connectivity index (χ4v) is 5.12. The van der Waals surface area contributed by atoms with Crippen LogP contribution in [0.25, 0.3) is 5.57 Å². The highest BCUT2D eigenvalue weighted by molar-refractivity contribution is 6.09. The van der Waals surface area contributed by atoms with Crippen LogP contribution in [0.15, 0.2) is 47.6 Å². The molecule has 2 fully saturated rings. The summed E-state index contributed by atoms with van der Waals surface area (Å²) in [5, 5.41) is 3.05. The van der Waals surface area contributed by atoms with E-state index in [0.29, 0.717) is 34.3 Å². The number of nitrogens with zero attached hydrogens (tertiary/aromatic N) is 3. The predicted molar refractivity (Wildman–Crippen MR) is 137 cm³/mol. The molecule has 0 aliphatic carbocycles. The second kappa shape index (κ2) is 9.97. The fourth-order valence-electron chi connectivity index (χ4n) is 5.12. The van der Waals surface area contributed by atoms with Gasteiger partial charge in [0.2, 0.25) is 0 Å². The summed E-state index contributed by atoms with van der Waals surface area (Å²) >= 11 is 0. The molecule has 0 radical (unpaired) electrons. The number of anilines is 1. The fraction of sp³-hybridized carbons (Fsp3) is 0.407. The van der Waals surface area contributed by atoms with Crippen molar-refractivity contribution < 1.29 is 9.18 Å². The average molecular weight is 464 g/mol. The minimum Gasteiger partial charge on any atom is -0.404 e. The Morgan fingerprint density at radius 2 is 1.91 bits per heavy atom. The molecule has 34 heavy (non-hydrogen) atoms. The van der Waals surface area contributed by atoms with Crippen molar-refractivity contribution in [2.24, 2.45) is 10.7 Å². The van der Waals surface area contributed by atoms with Crippen molar-refractivity contribution in [1.82, 2.24) is 10.2 Å². The first kappa shape index (κ1) is 24.0. The first-order chi connectivity index (χ1) is 16.3. The number of carbonyl (C=O) groups is 1. The third-order valence-corrected chi connectivity index (χ3v) is 7.23. The topological polar surface area (TPSA) is 74.0 Å². The molecule has 3 N–H and O–H groups in total. The van der Waals surface area contributed by atoms with Crippen LogP contribution in [0.3, 0.4) is 0 Å². The highest BCUT2D eigenvalue weighted by Crippen LogP contribution is 2.32. The molecule has 0 unspecified atom stereocenters. The van der Waals surface area contributed by atoms with Crippen LogP contribution >= 0.6 is 0 Å². The van der Waals surface area contributed by atoms with E-state index >= 15 is 0 Å². The van der Waals surface area contributed by atoms with Crippen LogP contribution in [0.5, 0.6) is 0 Å². The Hall–Kier alpha value is -3.19. The van der Waals surface area contributed by atoms with Gasteiger partial charge in [-0.3, -0.25) is 14.7 Å². The van der Waals surface area contributed by atoms with E-state index in [1.165, 1.54) is 31.2 Å². The Bertz CT molecular complexity index is 1110. The summed E-state index contributed by atoms with van der Waals surface area (Å²) in [4.78, 5) is 22.1. The van der Waals surface area contributed by atoms with Crippen molar-refractivity contribution in [1.29, 1.82) is 0 Å². The first-order valence-corrected chi connectivity index (χ1v) is 11.8. The van der Waals surface area contributed by atoms with Gasteiger partial charge in [0.1, 0.15) is 5.82 Å². The molecule has 2 aliphatic heterocycles. The van der Waals surface area contributed by atoms with Crippen LogP contribution in [0.1, 0.15) is 52.9 Å². The van der Waals surface area contributed by atoms with E-state index in [1.807, 2.05) is 32.0 Å². The molecule has 2 saturated heterocycles. The second-order valence-electron chi connectivity index (χ2n) is 9.43. The maximum Gasteiger partial charge on any atom is 0.252 e. The number of likely N-dealkylation sites (N-methyl/N-ethyl adjacent to an activating group) is 1. The second-order valence-corrected chi connectivity index (χ2v) is 9.43. The molecule has 1 amide bonds. The Morgan fingerprint density at radius 1 is 1.21 bits per heavy atom. The van der Waals surface area contributed by atoms with Crippen molar-refractivity contribution in [3.05, 3.63) is 70.7 Å². The summed E-state index contributed by atoms with van der Waals surface area (Å²) < 4.78 is 14.4. The van der Waals surface area contributed by atoms with Gasteiger partial charge in [-0.25, -0.2) is 4.39 Å². The van der Waals surface area contributed by atoms with Crippen LogP contribution in [0, 0.1) is 12.7 Å². The number of aryl methyl sites for hydroxylation is 1. The molecule has 6 nitrogen and oxygen atoms in total. The summed E-state index contributed by atoms with van der Waals surface area (Å²) in [5.74, 6) is -0.556. The van der Waals surface area contributed by atoms with E-state index in [-0.39, 0.29) is 17.8 Å². The van der Waals surface area contributed by atoms with Crippen LogP contribution in [0.4, 0.5) is 10.1 Å². The molecule has 2 aromatic rings. The van der Waals surface area contributed by atoms with Crippen molar-refractivity contribution in [3.63, 3.8) is 0 Å². The third-order valence-electron chi connectivity index (χ3n) is 7.23. The summed E-state index contributed by atoms with van der Waals surface area (Å²) in [6.07, 6.45) is 5.44. The highest BCUT2D eigenvalue weighted by atomic mass is 19.1. The van der Waals surface area contributed by atoms with Gasteiger partial charge in [-0.15, -0.1) is 0 Å². The van der Waals surface area contributed by atoms with E-state index in [1.54, 1.807) is 13.3 Å². The number of fused-ring (bicyclic) bond motifs is 2. The largest absolute Gasteiger partial charge is 0.404 e. The average Bonchev–Trinajstić information content (AvgIpc) is 3.02. The molecular formula is C27H34FN5O. The number of allylic oxidation sites excluding steroid dienone is 1. The van der Waals surface area contributed by atoms with Crippen LogP contribution < -0.4 is 16.0 Å². The van der Waals surface area contributed by atoms with Crippen molar-refractivity contribution in [2.75, 3.05) is 32.1 Å². The number of nitrogens with one attached hydrogen (secondary N) is 1. The number of amides is 1. The number of hydrogen-bond acceptors (Lipinski definition) is 5. The van der Waals surface area contributed by atoms with Gasteiger partial charge in [0.15, 0.2) is 0 Å². The third kappa shape index (κ3) is 4.85. The number of halogens is 1. The molecule has 0 aromatic heterocycles. The Morgan fingerprint density at radius 3 is 2.56 bits per heavy atom. The number of rotatable bonds is 6. The molecule has 180 valence electrons. The minimum absolute atomic E-state index is 0.167. The number of piperazine rings is 1. The van der Waals surface area contributed by atoms with E-state index in [4.69, 9.17) is 5.73 Å². The van der Waals surface area contributed by atoms with Gasteiger partial charge in [-0.1, -0.05) is 6.07 Å². The lowest BCUT2D eigenvalue weighted by molar-refractivity contribution is 0.0939. The number of hydrogen-bond donors (Lipinski definition) is 2. The van der Waals surface area contributed by atoms with Crippen LogP contribution in [-0.4, -0.2) is 56.3 Å². The lowest BCUT2D eigenvalue weighted by Gasteiger charge is -2.40. The minimum atomic E-state index is -0.389. The normalized spacial score (nSPS) is 21.8. The zero-order valence-corrected chi connectivity index (χ0v) is 20.4. The molecule has 2 aromatic carbocycles. The Kier molecular flexibility index (Phi) is 7.03. The predicted octanol–water partition coefficient (Wildman–Crippen LogP) is 3.91. The smallest absolute Gasteiger partial charge is 0.252 e. The van der Waals surface area contributed by atoms with Gasteiger partial charge >= 0.3 is 0 Å². The molecule has 2 heterocycles. The number of nitrogens with two attached hydrogens (primary N) is 1. The maximum absolute atomic E-state index is 14.4. The molecule has 2 aliphatic rings. The SMILES string of the molecule is CN=C/C(=C\N)c1cc(F)cc([C@@H](C)NC(=O)c2cc(N3C[C@H]4CC[C@@H](C3)N4C)ccc2C)c1. The zero-order chi connectivity index (χ0) is 24.4. The molecule has 4 rings (SSSR count). The number of aliphatic imine (C=N–C) groups is 1. The maximum atomic E-state index is 14.4. The van der Waals surface area contributed by atoms with Crippen LogP contribution in [0.2, 0.25) is 0 Å². The molecule has 0 saturated carbocycles. The lowest BCUT2D eigenvalue weighted by Crippen LogP contribution is -2.52. The van der Waals surface area contributed by atoms with E-state index in [2.05, 4.69) is 33.2 Å². The van der Waals surface area contributed by atoms with Gasteiger partial charge < -0.3 is 16.0 Å². The summed E-state index contributed by atoms with van der Waals surface area (Å²) in [5.41, 5.74) is 10.2. The van der Waals surface area contributed by atoms with Gasteiger partial charge in [-0.2, -0.15) is 0 Å². The molecule has 3 atom stereocenters. The van der Waals surface area contributed by atoms with Crippen molar-refractivity contribution in [3.8, 4) is 0 Å². The van der Waals surface area contributed by atoms with Gasteiger partial charge in [0.25, 0.3) is 5.91 Å². The lowest BCUT2D eigenvalue weighted by atomic mass is 9.99. The molecular weight excluding hydrogens is 429 g/mol. The van der Waals surface area contributed by atoms with Crippen LogP contribution in [-0.2, 0) is 0 Å². The zero-order valence-electron chi connectivity index (χ0n) is 20.4. The van der Waals surface area contributed by atoms with Crippen molar-refractivity contribution >= 4 is 23.4 Å². The van der Waals surface area contributed by atoms with Gasteiger partial charge in [0.05, 0.1) is 6.04 Å². The molecule has 7 heteroatoms. The van der Waals surface area contributed by atoms with E-state index in [9.17, 15) is 9.18 Å². The summed E-state index contributed by atoms with van der Waals surface area (Å²) in [7, 11) is 3.85. The summed E-state index contributed by atoms with van der Waals surface area (Å²) in [6.45, 7) is 5.77. The Balaban J connectivity index is 1.53. The van der Waals surface area contributed by atoms with E-state index < -0.39 is 0 Å². The first-order valence-electron chi connectivity index (χ1n) is 11.8. The monoisotopic (exact) mass is 463 g/mol. The number of carbonyl (C=O) groups excluding carboxylic acids is 1.